The van der Waals surface area contributed by atoms with E-state index in [-0.39, 0.29) is 0 Å². The molecular formula is C19H14BrN3O3. The molecule has 1 heterocycles. The number of pyridine rings is 1. The predicted molar refractivity (Wildman–Crippen MR) is 99.8 cm³/mol. The number of hydrogen-bond acceptors (Lipinski definition) is 4. The predicted octanol–water partition coefficient (Wildman–Crippen LogP) is 3.71. The van der Waals surface area contributed by atoms with E-state index in [2.05, 4.69) is 31.8 Å². The smallest absolute Gasteiger partial charge is 0.269 e. The van der Waals surface area contributed by atoms with Crippen molar-refractivity contribution in [3.8, 4) is 11.5 Å². The number of ether oxygens (including phenoxy) is 1. The molecule has 0 saturated carbocycles. The van der Waals surface area contributed by atoms with Crippen LogP contribution in [0.1, 0.15) is 20.7 Å². The van der Waals surface area contributed by atoms with Crippen LogP contribution in [-0.2, 0) is 0 Å². The third-order valence-electron chi connectivity index (χ3n) is 3.38. The molecule has 0 aliphatic rings. The Morgan fingerprint density at radius 1 is 0.808 bits per heavy atom. The van der Waals surface area contributed by atoms with E-state index in [9.17, 15) is 9.59 Å². The van der Waals surface area contributed by atoms with Gasteiger partial charge in [-0.15, -0.1) is 0 Å². The number of benzene rings is 2. The maximum Gasteiger partial charge on any atom is 0.269 e. The lowest BCUT2D eigenvalue weighted by atomic mass is 10.2. The van der Waals surface area contributed by atoms with Gasteiger partial charge >= 0.3 is 0 Å². The standard InChI is InChI=1S/C19H14BrN3O3/c20-15-7-3-13(4-8-15)18(24)22-23-19(25)14-5-9-16(10-6-14)26-17-2-1-11-21-12-17/h1-12H,(H,22,24)(H,23,25). The highest BCUT2D eigenvalue weighted by Gasteiger charge is 2.09. The summed E-state index contributed by atoms with van der Waals surface area (Å²) in [4.78, 5) is 28.1. The maximum atomic E-state index is 12.1. The highest BCUT2D eigenvalue weighted by molar-refractivity contribution is 9.10. The summed E-state index contributed by atoms with van der Waals surface area (Å²) >= 11 is 3.30. The van der Waals surface area contributed by atoms with Crippen molar-refractivity contribution in [2.75, 3.05) is 0 Å². The molecule has 0 atom stereocenters. The van der Waals surface area contributed by atoms with Gasteiger partial charge in [0.15, 0.2) is 0 Å². The number of carbonyl (C=O) groups is 2. The molecule has 0 aliphatic carbocycles. The van der Waals surface area contributed by atoms with E-state index in [1.807, 2.05) is 0 Å². The molecule has 0 spiro atoms. The van der Waals surface area contributed by atoms with Gasteiger partial charge < -0.3 is 4.74 Å². The van der Waals surface area contributed by atoms with Crippen molar-refractivity contribution in [1.82, 2.24) is 15.8 Å². The van der Waals surface area contributed by atoms with Crippen molar-refractivity contribution in [2.45, 2.75) is 0 Å². The average molecular weight is 412 g/mol. The molecule has 1 aromatic heterocycles. The first-order valence-electron chi connectivity index (χ1n) is 7.66. The van der Waals surface area contributed by atoms with Crippen LogP contribution in [0.5, 0.6) is 11.5 Å². The van der Waals surface area contributed by atoms with E-state index in [1.165, 1.54) is 0 Å². The first kappa shape index (κ1) is 17.6. The highest BCUT2D eigenvalue weighted by Crippen LogP contribution is 2.20. The van der Waals surface area contributed by atoms with Crippen LogP contribution in [0.15, 0.2) is 77.5 Å². The van der Waals surface area contributed by atoms with Gasteiger partial charge in [0.2, 0.25) is 0 Å². The molecule has 0 fully saturated rings. The lowest BCUT2D eigenvalue weighted by Crippen LogP contribution is -2.41. The van der Waals surface area contributed by atoms with Crippen molar-refractivity contribution in [3.63, 3.8) is 0 Å². The van der Waals surface area contributed by atoms with Gasteiger partial charge in [0, 0.05) is 21.8 Å². The Kier molecular flexibility index (Phi) is 5.60. The first-order chi connectivity index (χ1) is 12.6. The fourth-order valence-electron chi connectivity index (χ4n) is 2.08. The zero-order valence-electron chi connectivity index (χ0n) is 13.5. The zero-order chi connectivity index (χ0) is 18.4. The number of rotatable bonds is 4. The number of nitrogens with zero attached hydrogens (tertiary/aromatic N) is 1. The summed E-state index contributed by atoms with van der Waals surface area (Å²) in [6.45, 7) is 0. The Morgan fingerprint density at radius 3 is 1.92 bits per heavy atom. The monoisotopic (exact) mass is 411 g/mol. The van der Waals surface area contributed by atoms with Gasteiger partial charge in [-0.1, -0.05) is 15.9 Å². The molecule has 2 N–H and O–H groups in total. The number of amides is 2. The Hall–Kier alpha value is -3.19. The number of carbonyl (C=O) groups excluding carboxylic acids is 2. The van der Waals surface area contributed by atoms with Gasteiger partial charge in [0.1, 0.15) is 11.5 Å². The zero-order valence-corrected chi connectivity index (χ0v) is 15.1. The molecule has 0 radical (unpaired) electrons. The Bertz CT molecular complexity index is 898. The van der Waals surface area contributed by atoms with Crippen LogP contribution in [-0.4, -0.2) is 16.8 Å². The number of halogens is 1. The lowest BCUT2D eigenvalue weighted by molar-refractivity contribution is 0.0846. The Balaban J connectivity index is 1.56. The third-order valence-corrected chi connectivity index (χ3v) is 3.91. The van der Waals surface area contributed by atoms with Crippen molar-refractivity contribution >= 4 is 27.7 Å². The summed E-state index contributed by atoms with van der Waals surface area (Å²) in [5.74, 6) is 0.352. The summed E-state index contributed by atoms with van der Waals surface area (Å²) in [7, 11) is 0. The molecule has 6 nitrogen and oxygen atoms in total. The van der Waals surface area contributed by atoms with Gasteiger partial charge in [-0.2, -0.15) is 0 Å². The normalized spacial score (nSPS) is 10.0. The van der Waals surface area contributed by atoms with Crippen LogP contribution in [0, 0.1) is 0 Å². The topological polar surface area (TPSA) is 80.3 Å². The first-order valence-corrected chi connectivity index (χ1v) is 8.45. The van der Waals surface area contributed by atoms with Crippen LogP contribution < -0.4 is 15.6 Å². The fourth-order valence-corrected chi connectivity index (χ4v) is 2.34. The second-order valence-corrected chi connectivity index (χ2v) is 6.15. The van der Waals surface area contributed by atoms with Gasteiger partial charge in [-0.3, -0.25) is 25.4 Å². The quantitative estimate of drug-likeness (QED) is 0.641. The van der Waals surface area contributed by atoms with Crippen LogP contribution in [0.25, 0.3) is 0 Å². The Labute approximate surface area is 158 Å². The van der Waals surface area contributed by atoms with Gasteiger partial charge in [-0.25, -0.2) is 0 Å². The van der Waals surface area contributed by atoms with E-state index in [4.69, 9.17) is 4.74 Å². The summed E-state index contributed by atoms with van der Waals surface area (Å²) < 4.78 is 6.48. The van der Waals surface area contributed by atoms with E-state index in [1.54, 1.807) is 73.1 Å². The molecule has 0 unspecified atom stereocenters. The van der Waals surface area contributed by atoms with Crippen molar-refractivity contribution in [2.24, 2.45) is 0 Å². The fraction of sp³-hybridized carbons (Fsp3) is 0. The highest BCUT2D eigenvalue weighted by atomic mass is 79.9. The number of hydrogen-bond donors (Lipinski definition) is 2. The number of aromatic nitrogens is 1. The molecule has 0 aliphatic heterocycles. The minimum absolute atomic E-state index is 0.389. The summed E-state index contributed by atoms with van der Waals surface area (Å²) in [6, 6.07) is 16.9. The van der Waals surface area contributed by atoms with Gasteiger partial charge in [0.05, 0.1) is 6.20 Å². The molecule has 3 rings (SSSR count). The van der Waals surface area contributed by atoms with Crippen molar-refractivity contribution < 1.29 is 14.3 Å². The lowest BCUT2D eigenvalue weighted by Gasteiger charge is -2.09. The van der Waals surface area contributed by atoms with E-state index < -0.39 is 11.8 Å². The van der Waals surface area contributed by atoms with Crippen LogP contribution in [0.3, 0.4) is 0 Å². The summed E-state index contributed by atoms with van der Waals surface area (Å²) in [6.07, 6.45) is 3.25. The number of hydrazine groups is 1. The second-order valence-electron chi connectivity index (χ2n) is 5.23. The van der Waals surface area contributed by atoms with E-state index in [0.717, 1.165) is 4.47 Å². The van der Waals surface area contributed by atoms with Crippen molar-refractivity contribution in [3.05, 3.63) is 88.7 Å². The Morgan fingerprint density at radius 2 is 1.38 bits per heavy atom. The van der Waals surface area contributed by atoms with Crippen LogP contribution in [0.4, 0.5) is 0 Å². The summed E-state index contributed by atoms with van der Waals surface area (Å²) in [5, 5.41) is 0. The minimum Gasteiger partial charge on any atom is -0.456 e. The second kappa shape index (κ2) is 8.26. The average Bonchev–Trinajstić information content (AvgIpc) is 2.68. The van der Waals surface area contributed by atoms with E-state index >= 15 is 0 Å². The van der Waals surface area contributed by atoms with Crippen molar-refractivity contribution in [1.29, 1.82) is 0 Å². The molecule has 2 aromatic carbocycles. The maximum absolute atomic E-state index is 12.1. The molecule has 130 valence electrons. The summed E-state index contributed by atoms with van der Waals surface area (Å²) in [5.41, 5.74) is 5.58. The minimum atomic E-state index is -0.427. The molecule has 0 saturated heterocycles. The third kappa shape index (κ3) is 4.67. The van der Waals surface area contributed by atoms with Gasteiger partial charge in [0.25, 0.3) is 11.8 Å². The number of nitrogens with one attached hydrogen (secondary N) is 2. The molecule has 0 bridgehead atoms. The molecule has 3 aromatic rings. The SMILES string of the molecule is O=C(NNC(=O)c1ccc(Oc2cccnc2)cc1)c1ccc(Br)cc1. The molecule has 2 amide bonds. The van der Waals surface area contributed by atoms with Crippen LogP contribution >= 0.6 is 15.9 Å². The largest absolute Gasteiger partial charge is 0.456 e. The molecular weight excluding hydrogens is 398 g/mol. The van der Waals surface area contributed by atoms with Crippen LogP contribution in [0.2, 0.25) is 0 Å². The van der Waals surface area contributed by atoms with Gasteiger partial charge in [-0.05, 0) is 60.7 Å². The van der Waals surface area contributed by atoms with E-state index in [0.29, 0.717) is 22.6 Å². The molecule has 26 heavy (non-hydrogen) atoms. The molecule has 7 heteroatoms.